The number of halogens is 23. The highest BCUT2D eigenvalue weighted by Crippen LogP contribution is 2.46. The van der Waals surface area contributed by atoms with E-state index in [9.17, 15) is 70.2 Å². The summed E-state index contributed by atoms with van der Waals surface area (Å²) < 4.78 is 309. The molecule has 4 atom stereocenters. The molecule has 0 unspecified atom stereocenters. The lowest BCUT2D eigenvalue weighted by atomic mass is 10.0. The van der Waals surface area contributed by atoms with E-state index >= 15 is 17.6 Å². The number of rotatable bonds is 33. The van der Waals surface area contributed by atoms with Crippen molar-refractivity contribution < 1.29 is 107 Å². The van der Waals surface area contributed by atoms with Crippen molar-refractivity contribution in [1.29, 1.82) is 0 Å². The van der Waals surface area contributed by atoms with Crippen LogP contribution in [0.5, 0.6) is 23.0 Å². The number of anilines is 5. The van der Waals surface area contributed by atoms with Gasteiger partial charge in [-0.1, -0.05) is 34.8 Å². The number of nitrogens with zero attached hydrogens (tertiary/aromatic N) is 17. The topological polar surface area (TPSA) is 297 Å². The maximum absolute atomic E-state index is 16.0. The Balaban J connectivity index is 0.000000214. The molecule has 12 aromatic rings. The molecule has 0 radical (unpaired) electrons. The fraction of sp³-hybridized carbons (Fsp3) is 0.389. The first-order valence-electron chi connectivity index (χ1n) is 36.4. The van der Waals surface area contributed by atoms with Crippen molar-refractivity contribution in [2.75, 3.05) is 107 Å². The number of hydrogen-bond donors (Lipinski definition) is 7. The van der Waals surface area contributed by atoms with Crippen LogP contribution in [0.2, 0.25) is 15.5 Å². The molecule has 0 saturated heterocycles. The van der Waals surface area contributed by atoms with Crippen LogP contribution in [0, 0.1) is 46.5 Å². The normalized spacial score (nSPS) is 13.0. The van der Waals surface area contributed by atoms with E-state index in [2.05, 4.69) is 97.5 Å². The third-order valence-corrected chi connectivity index (χ3v) is 18.6. The number of fused-ring (bicyclic) bond motifs is 4. The van der Waals surface area contributed by atoms with Gasteiger partial charge in [-0.2, -0.15) is 131 Å². The second-order valence-electron chi connectivity index (χ2n) is 26.6. The zero-order valence-electron chi connectivity index (χ0n) is 65.2. The molecule has 4 aromatic carbocycles. The van der Waals surface area contributed by atoms with E-state index in [4.69, 9.17) is 53.8 Å². The number of alkyl halides is 12. The summed E-state index contributed by atoms with van der Waals surface area (Å²) >= 11 is 18.5. The van der Waals surface area contributed by atoms with Gasteiger partial charge in [0.15, 0.2) is 0 Å². The van der Waals surface area contributed by atoms with Crippen molar-refractivity contribution in [1.82, 2.24) is 94.3 Å². The van der Waals surface area contributed by atoms with Crippen molar-refractivity contribution in [2.45, 2.75) is 102 Å². The second kappa shape index (κ2) is 39.9. The molecule has 0 amide bonds. The Morgan fingerprint density at radius 2 is 0.561 bits per heavy atom. The number of aromatic nitrogens is 16. The van der Waals surface area contributed by atoms with E-state index in [1.165, 1.54) is 11.9 Å². The van der Waals surface area contributed by atoms with Gasteiger partial charge in [-0.15, -0.1) is 0 Å². The van der Waals surface area contributed by atoms with Crippen molar-refractivity contribution in [2.24, 2.45) is 0 Å². The summed E-state index contributed by atoms with van der Waals surface area (Å²) in [6, 6.07) is -1.63. The predicted molar refractivity (Wildman–Crippen MR) is 412 cm³/mol. The van der Waals surface area contributed by atoms with Crippen LogP contribution in [0.4, 0.5) is 117 Å². The summed E-state index contributed by atoms with van der Waals surface area (Å²) in [5.74, 6) is -12.8. The number of nitrogens with one attached hydrogen (secondary N) is 7. The Morgan fingerprint density at radius 1 is 0.341 bits per heavy atom. The first-order valence-corrected chi connectivity index (χ1v) is 37.6. The van der Waals surface area contributed by atoms with Gasteiger partial charge in [0.05, 0.1) is 70.9 Å². The molecule has 0 bridgehead atoms. The van der Waals surface area contributed by atoms with Gasteiger partial charge in [0, 0.05) is 62.1 Å². The van der Waals surface area contributed by atoms with Gasteiger partial charge in [-0.25, -0.2) is 35.1 Å². The van der Waals surface area contributed by atoms with Crippen LogP contribution in [0.1, 0.15) is 53.4 Å². The fourth-order valence-corrected chi connectivity index (χ4v) is 12.3. The average molecular weight is 1820 g/mol. The number of benzene rings is 4. The molecule has 0 spiro atoms. The molecule has 51 heteroatoms. The number of hydrogen-bond acceptors (Lipinski definition) is 24. The van der Waals surface area contributed by atoms with Gasteiger partial charge in [0.1, 0.15) is 164 Å². The van der Waals surface area contributed by atoms with E-state index in [1.807, 2.05) is 0 Å². The predicted octanol–water partition coefficient (Wildman–Crippen LogP) is 15.9. The molecular formula is C72H71Cl3F20N24O4. The van der Waals surface area contributed by atoms with Gasteiger partial charge in [-0.05, 0) is 94.2 Å². The van der Waals surface area contributed by atoms with Gasteiger partial charge < -0.3 is 61.1 Å². The van der Waals surface area contributed by atoms with Gasteiger partial charge in [-0.3, -0.25) is 0 Å². The van der Waals surface area contributed by atoms with Crippen molar-refractivity contribution in [3.05, 3.63) is 136 Å². The minimum absolute atomic E-state index is 0.0225. The quantitative estimate of drug-likeness (QED) is 0.0114. The molecule has 123 heavy (non-hydrogen) atoms. The average Bonchev–Trinajstić information content (AvgIpc) is 1.72. The maximum Gasteiger partial charge on any atom is 0.408 e. The van der Waals surface area contributed by atoms with Gasteiger partial charge >= 0.3 is 24.7 Å². The summed E-state index contributed by atoms with van der Waals surface area (Å²) in [6.07, 6.45) is -13.2. The summed E-state index contributed by atoms with van der Waals surface area (Å²) in [7, 11) is 6.64. The highest BCUT2D eigenvalue weighted by atomic mass is 35.5. The summed E-state index contributed by atoms with van der Waals surface area (Å²) in [5.41, 5.74) is -4.81. The third-order valence-electron chi connectivity index (χ3n) is 17.8. The Bertz CT molecular complexity index is 5420. The van der Waals surface area contributed by atoms with E-state index in [0.717, 1.165) is 120 Å². The summed E-state index contributed by atoms with van der Waals surface area (Å²) in [5, 5.41) is 31.3. The zero-order valence-corrected chi connectivity index (χ0v) is 67.4. The lowest BCUT2D eigenvalue weighted by Gasteiger charge is -2.26. The van der Waals surface area contributed by atoms with Crippen molar-refractivity contribution in [3.8, 4) is 67.5 Å². The molecule has 8 aromatic heterocycles. The lowest BCUT2D eigenvalue weighted by molar-refractivity contribution is -0.139. The van der Waals surface area contributed by atoms with E-state index < -0.39 is 179 Å². The van der Waals surface area contributed by atoms with E-state index in [1.54, 1.807) is 21.1 Å². The maximum atomic E-state index is 16.0. The molecule has 12 rings (SSSR count). The summed E-state index contributed by atoms with van der Waals surface area (Å²) in [4.78, 5) is 32.7. The van der Waals surface area contributed by atoms with Crippen molar-refractivity contribution >= 4 is 87.0 Å². The van der Waals surface area contributed by atoms with Crippen LogP contribution in [-0.4, -0.2) is 208 Å². The fourth-order valence-electron chi connectivity index (χ4n) is 11.5. The lowest BCUT2D eigenvalue weighted by Crippen LogP contribution is -2.34. The SMILES string of the molecule is CNCCCOc1cc(F)c(-c2c(Cl)nc3ncnn3c2N[C@@H](C)C(F)(F)F)c(F)c1.CNCCCOc1cc(F)c(-c2c(Cl)nc3ncnn3c2N[C@@H](C)C(F)(F)F)c(F)c1.CNCCCOc1cc(F)c(-c2c(N(C)CCCOc3cc(F)c(-c4c(Cl)nc5ncnn5c4N[C@@H](C)C(F)(F)F)c(F)c3)nc3ncnn3c2N[C@@H](C)C(F)(F)F)c(F)c1. The molecule has 28 nitrogen and oxygen atoms in total. The molecule has 0 aliphatic carbocycles. The van der Waals surface area contributed by atoms with Gasteiger partial charge in [0.2, 0.25) is 0 Å². The minimum atomic E-state index is -4.81. The first-order chi connectivity index (χ1) is 58.1. The highest BCUT2D eigenvalue weighted by molar-refractivity contribution is 6.34. The van der Waals surface area contributed by atoms with Gasteiger partial charge in [0.25, 0.3) is 23.1 Å². The monoisotopic (exact) mass is 1820 g/mol. The third kappa shape index (κ3) is 22.4. The van der Waals surface area contributed by atoms with Crippen LogP contribution < -0.4 is 61.1 Å². The molecule has 664 valence electrons. The van der Waals surface area contributed by atoms with Crippen LogP contribution in [0.15, 0.2) is 73.8 Å². The van der Waals surface area contributed by atoms with Crippen LogP contribution in [0.25, 0.3) is 67.6 Å². The first kappa shape index (κ1) is 93.9. The molecule has 0 saturated carbocycles. The number of ether oxygens (including phenoxy) is 4. The molecule has 7 N–H and O–H groups in total. The largest absolute Gasteiger partial charge is 0.493 e. The second-order valence-corrected chi connectivity index (χ2v) is 27.7. The summed E-state index contributed by atoms with van der Waals surface area (Å²) in [6.45, 7) is 5.31. The Morgan fingerprint density at radius 3 is 0.797 bits per heavy atom. The van der Waals surface area contributed by atoms with Crippen LogP contribution in [0.3, 0.4) is 0 Å². The highest BCUT2D eigenvalue weighted by Gasteiger charge is 2.43. The Hall–Kier alpha value is -11.4. The standard InChI is InChI=1S/C36H35ClF10N12O2.2C18H18ClF5N6O/c1-17(35(42,43)44)53-31-27(29(37)55-33-49-15-51-58(31)33)25-21(38)11-20(12-22(25)39)61-10-6-8-57(4)30-28(26-23(40)13-19(14-24(26)41)60-9-5-7-48-3)32(54-18(2)36(45,46)47)59-34(56-30)50-16-52-59;2*1-9(18(22,23)24)28-16-14(15(19)29-17-26-8-27-30(16)17)13-11(20)6-10(7-12(13)21)31-5-3-4-25-2/h11-18,48,53-54H,5-10H2,1-4H3;2*6-9,25,28H,3-5H2,1-2H3/t17-,18-;2*9-/m000/s1. The molecule has 0 aliphatic heterocycles. The van der Waals surface area contributed by atoms with Crippen molar-refractivity contribution in [3.63, 3.8) is 0 Å². The van der Waals surface area contributed by atoms with E-state index in [0.29, 0.717) is 38.9 Å². The molecular weight excluding hydrogens is 1750 g/mol. The molecule has 8 heterocycles. The van der Waals surface area contributed by atoms with E-state index in [-0.39, 0.29) is 91.3 Å². The zero-order chi connectivity index (χ0) is 89.9. The smallest absolute Gasteiger partial charge is 0.408 e. The molecule has 0 aliphatic rings. The van der Waals surface area contributed by atoms with Crippen LogP contribution >= 0.6 is 34.8 Å². The minimum Gasteiger partial charge on any atom is -0.493 e. The molecule has 0 fully saturated rings. The Kier molecular flexibility index (Phi) is 30.4. The Labute approximate surface area is 697 Å². The van der Waals surface area contributed by atoms with Crippen LogP contribution in [-0.2, 0) is 0 Å².